The Bertz CT molecular complexity index is 123. The summed E-state index contributed by atoms with van der Waals surface area (Å²) in [5.74, 6) is 1.02. The topological polar surface area (TPSA) is 23.8 Å². The molecule has 0 bridgehead atoms. The van der Waals surface area contributed by atoms with Crippen LogP contribution >= 0.6 is 0 Å². The summed E-state index contributed by atoms with van der Waals surface area (Å²) in [5.41, 5.74) is 0. The highest BCUT2D eigenvalue weighted by Gasteiger charge is 2.19. The van der Waals surface area contributed by atoms with Crippen molar-refractivity contribution in [3.05, 3.63) is 0 Å². The van der Waals surface area contributed by atoms with E-state index in [0.29, 0.717) is 11.8 Å². The van der Waals surface area contributed by atoms with Gasteiger partial charge in [0.25, 0.3) is 0 Å². The fourth-order valence-electron chi connectivity index (χ4n) is 1.51. The average molecular weight is 123 g/mol. The summed E-state index contributed by atoms with van der Waals surface area (Å²) in [6.07, 6.45) is 5.00. The molecule has 0 spiro atoms. The van der Waals surface area contributed by atoms with Gasteiger partial charge in [0.1, 0.15) is 0 Å². The molecule has 1 aliphatic rings. The SMILES string of the molecule is C[C@@H]1CCCC[C@H]1C#N. The van der Waals surface area contributed by atoms with E-state index in [2.05, 4.69) is 13.0 Å². The minimum Gasteiger partial charge on any atom is -0.198 e. The normalized spacial score (nSPS) is 35.6. The van der Waals surface area contributed by atoms with E-state index in [1.165, 1.54) is 19.3 Å². The molecule has 0 unspecified atom stereocenters. The summed E-state index contributed by atoms with van der Waals surface area (Å²) in [6.45, 7) is 2.19. The molecule has 0 amide bonds. The van der Waals surface area contributed by atoms with Gasteiger partial charge in [-0.1, -0.05) is 19.8 Å². The van der Waals surface area contributed by atoms with E-state index in [0.717, 1.165) is 6.42 Å². The Kier molecular flexibility index (Phi) is 2.10. The van der Waals surface area contributed by atoms with Crippen LogP contribution in [0.3, 0.4) is 0 Å². The van der Waals surface area contributed by atoms with Crippen LogP contribution in [0.15, 0.2) is 0 Å². The summed E-state index contributed by atoms with van der Waals surface area (Å²) >= 11 is 0. The molecular weight excluding hydrogens is 110 g/mol. The van der Waals surface area contributed by atoms with Crippen molar-refractivity contribution < 1.29 is 0 Å². The number of hydrogen-bond donors (Lipinski definition) is 0. The van der Waals surface area contributed by atoms with Crippen LogP contribution in [0.25, 0.3) is 0 Å². The fraction of sp³-hybridized carbons (Fsp3) is 0.875. The molecule has 0 heterocycles. The van der Waals surface area contributed by atoms with Crippen molar-refractivity contribution >= 4 is 0 Å². The van der Waals surface area contributed by atoms with Gasteiger partial charge in [-0.25, -0.2) is 0 Å². The van der Waals surface area contributed by atoms with E-state index in [1.807, 2.05) is 0 Å². The van der Waals surface area contributed by atoms with E-state index in [-0.39, 0.29) is 0 Å². The van der Waals surface area contributed by atoms with E-state index in [4.69, 9.17) is 5.26 Å². The van der Waals surface area contributed by atoms with Gasteiger partial charge in [0.05, 0.1) is 6.07 Å². The maximum atomic E-state index is 8.61. The Morgan fingerprint density at radius 2 is 2.00 bits per heavy atom. The maximum Gasteiger partial charge on any atom is 0.0658 e. The zero-order chi connectivity index (χ0) is 6.69. The van der Waals surface area contributed by atoms with Gasteiger partial charge in [0.2, 0.25) is 0 Å². The van der Waals surface area contributed by atoms with Crippen LogP contribution in [0.2, 0.25) is 0 Å². The molecular formula is C8H13N. The lowest BCUT2D eigenvalue weighted by Crippen LogP contribution is -2.14. The molecule has 0 aliphatic heterocycles. The third-order valence-electron chi connectivity index (χ3n) is 2.28. The van der Waals surface area contributed by atoms with Crippen LogP contribution < -0.4 is 0 Å². The molecule has 1 rings (SSSR count). The van der Waals surface area contributed by atoms with Crippen LogP contribution in [0, 0.1) is 23.2 Å². The number of nitriles is 1. The minimum atomic E-state index is 0.360. The highest BCUT2D eigenvalue weighted by atomic mass is 14.3. The molecule has 9 heavy (non-hydrogen) atoms. The van der Waals surface area contributed by atoms with Crippen molar-refractivity contribution in [2.75, 3.05) is 0 Å². The standard InChI is InChI=1S/C8H13N/c1-7-4-2-3-5-8(7)6-9/h7-8H,2-5H2,1H3/t7-,8+/m1/s1. The van der Waals surface area contributed by atoms with Crippen LogP contribution in [-0.4, -0.2) is 0 Å². The maximum absolute atomic E-state index is 8.61. The quantitative estimate of drug-likeness (QED) is 0.485. The summed E-state index contributed by atoms with van der Waals surface area (Å²) < 4.78 is 0. The average Bonchev–Trinajstić information content (AvgIpc) is 1.89. The largest absolute Gasteiger partial charge is 0.198 e. The Hall–Kier alpha value is -0.510. The van der Waals surface area contributed by atoms with Crippen LogP contribution in [0.4, 0.5) is 0 Å². The highest BCUT2D eigenvalue weighted by molar-refractivity contribution is 4.88. The Morgan fingerprint density at radius 3 is 2.44 bits per heavy atom. The molecule has 1 nitrogen and oxygen atoms in total. The van der Waals surface area contributed by atoms with Gasteiger partial charge in [0.15, 0.2) is 0 Å². The molecule has 2 atom stereocenters. The molecule has 0 aromatic carbocycles. The van der Waals surface area contributed by atoms with Crippen molar-refractivity contribution in [3.63, 3.8) is 0 Å². The summed E-state index contributed by atoms with van der Waals surface area (Å²) in [6, 6.07) is 2.35. The van der Waals surface area contributed by atoms with Gasteiger partial charge in [-0.15, -0.1) is 0 Å². The molecule has 1 fully saturated rings. The smallest absolute Gasteiger partial charge is 0.0658 e. The van der Waals surface area contributed by atoms with E-state index < -0.39 is 0 Å². The Labute approximate surface area is 56.7 Å². The van der Waals surface area contributed by atoms with Crippen molar-refractivity contribution in [2.24, 2.45) is 11.8 Å². The predicted molar refractivity (Wildman–Crippen MR) is 36.7 cm³/mol. The first-order chi connectivity index (χ1) is 4.34. The van der Waals surface area contributed by atoms with Gasteiger partial charge < -0.3 is 0 Å². The Balaban J connectivity index is 2.41. The lowest BCUT2D eigenvalue weighted by molar-refractivity contribution is 0.313. The van der Waals surface area contributed by atoms with Gasteiger partial charge >= 0.3 is 0 Å². The van der Waals surface area contributed by atoms with Gasteiger partial charge in [-0.05, 0) is 18.8 Å². The summed E-state index contributed by atoms with van der Waals surface area (Å²) in [5, 5.41) is 8.61. The minimum absolute atomic E-state index is 0.360. The third-order valence-corrected chi connectivity index (χ3v) is 2.28. The second kappa shape index (κ2) is 2.87. The highest BCUT2D eigenvalue weighted by Crippen LogP contribution is 2.28. The van der Waals surface area contributed by atoms with E-state index >= 15 is 0 Å². The number of hydrogen-bond acceptors (Lipinski definition) is 1. The fourth-order valence-corrected chi connectivity index (χ4v) is 1.51. The van der Waals surface area contributed by atoms with Crippen LogP contribution in [0.1, 0.15) is 32.6 Å². The van der Waals surface area contributed by atoms with Crippen molar-refractivity contribution in [3.8, 4) is 6.07 Å². The first-order valence-corrected chi connectivity index (χ1v) is 3.74. The lowest BCUT2D eigenvalue weighted by Gasteiger charge is -2.22. The van der Waals surface area contributed by atoms with E-state index in [1.54, 1.807) is 0 Å². The van der Waals surface area contributed by atoms with Crippen LogP contribution in [0.5, 0.6) is 0 Å². The molecule has 0 aromatic rings. The summed E-state index contributed by atoms with van der Waals surface area (Å²) in [4.78, 5) is 0. The lowest BCUT2D eigenvalue weighted by atomic mass is 9.81. The van der Waals surface area contributed by atoms with Gasteiger partial charge in [0, 0.05) is 5.92 Å². The van der Waals surface area contributed by atoms with Crippen molar-refractivity contribution in [1.82, 2.24) is 0 Å². The van der Waals surface area contributed by atoms with Gasteiger partial charge in [-0.2, -0.15) is 5.26 Å². The van der Waals surface area contributed by atoms with Crippen molar-refractivity contribution in [1.29, 1.82) is 5.26 Å². The first kappa shape index (κ1) is 6.61. The zero-order valence-corrected chi connectivity index (χ0v) is 5.93. The molecule has 1 heteroatoms. The first-order valence-electron chi connectivity index (χ1n) is 3.74. The third kappa shape index (κ3) is 1.45. The number of nitrogens with zero attached hydrogens (tertiary/aromatic N) is 1. The number of rotatable bonds is 0. The zero-order valence-electron chi connectivity index (χ0n) is 5.93. The van der Waals surface area contributed by atoms with Crippen molar-refractivity contribution in [2.45, 2.75) is 32.6 Å². The molecule has 0 saturated heterocycles. The molecule has 0 N–H and O–H groups in total. The predicted octanol–water partition coefficient (Wildman–Crippen LogP) is 2.34. The monoisotopic (exact) mass is 123 g/mol. The Morgan fingerprint density at radius 1 is 1.33 bits per heavy atom. The molecule has 0 radical (unpaired) electrons. The molecule has 1 aliphatic carbocycles. The molecule has 50 valence electrons. The van der Waals surface area contributed by atoms with E-state index in [9.17, 15) is 0 Å². The molecule has 0 aromatic heterocycles. The van der Waals surface area contributed by atoms with Crippen LogP contribution in [-0.2, 0) is 0 Å². The second-order valence-corrected chi connectivity index (χ2v) is 3.00. The summed E-state index contributed by atoms with van der Waals surface area (Å²) in [7, 11) is 0. The second-order valence-electron chi connectivity index (χ2n) is 3.00. The molecule has 1 saturated carbocycles. The van der Waals surface area contributed by atoms with Gasteiger partial charge in [-0.3, -0.25) is 0 Å².